The minimum atomic E-state index is -3.62. The van der Waals surface area contributed by atoms with E-state index in [1.54, 1.807) is 19.1 Å². The number of anilines is 1. The van der Waals surface area contributed by atoms with E-state index in [1.807, 2.05) is 13.8 Å². The van der Waals surface area contributed by atoms with E-state index in [1.165, 1.54) is 4.31 Å². The van der Waals surface area contributed by atoms with Crippen LogP contribution in [0.1, 0.15) is 24.5 Å². The number of benzene rings is 1. The molecule has 6 heteroatoms. The maximum absolute atomic E-state index is 12.8. The highest BCUT2D eigenvalue weighted by atomic mass is 32.2. The molecule has 2 unspecified atom stereocenters. The summed E-state index contributed by atoms with van der Waals surface area (Å²) < 4.78 is 27.1. The molecule has 3 N–H and O–H groups in total. The third-order valence-corrected chi connectivity index (χ3v) is 6.20. The topological polar surface area (TPSA) is 83.6 Å². The second-order valence-corrected chi connectivity index (χ2v) is 7.47. The van der Waals surface area contributed by atoms with Gasteiger partial charge in [0.05, 0.1) is 17.5 Å². The summed E-state index contributed by atoms with van der Waals surface area (Å²) in [5.74, 6) is 0.164. The van der Waals surface area contributed by atoms with Crippen molar-refractivity contribution in [1.29, 1.82) is 0 Å². The van der Waals surface area contributed by atoms with Crippen LogP contribution in [0.3, 0.4) is 0 Å². The Morgan fingerprint density at radius 3 is 2.65 bits per heavy atom. The maximum Gasteiger partial charge on any atom is 0.243 e. The minimum Gasteiger partial charge on any atom is -0.398 e. The number of sulfonamides is 1. The Kier molecular flexibility index (Phi) is 4.09. The Morgan fingerprint density at radius 2 is 2.05 bits per heavy atom. The summed E-state index contributed by atoms with van der Waals surface area (Å²) in [5.41, 5.74) is 7.76. The van der Waals surface area contributed by atoms with Crippen LogP contribution in [0.2, 0.25) is 0 Å². The molecule has 112 valence electrons. The van der Waals surface area contributed by atoms with Crippen molar-refractivity contribution in [1.82, 2.24) is 4.31 Å². The van der Waals surface area contributed by atoms with Crippen LogP contribution < -0.4 is 5.73 Å². The predicted molar refractivity (Wildman–Crippen MR) is 78.9 cm³/mol. The average Bonchev–Trinajstić information content (AvgIpc) is 2.75. The zero-order valence-corrected chi connectivity index (χ0v) is 12.9. The SMILES string of the molecule is Cc1cc(N)c(C)c(S(=O)(=O)N2CCC(C)C2CO)c1. The van der Waals surface area contributed by atoms with Crippen molar-refractivity contribution >= 4 is 15.7 Å². The molecule has 1 aliphatic rings. The monoisotopic (exact) mass is 298 g/mol. The molecular weight excluding hydrogens is 276 g/mol. The molecule has 1 aromatic carbocycles. The van der Waals surface area contributed by atoms with E-state index in [9.17, 15) is 13.5 Å². The van der Waals surface area contributed by atoms with Crippen LogP contribution in [-0.4, -0.2) is 37.0 Å². The molecule has 1 fully saturated rings. The molecule has 5 nitrogen and oxygen atoms in total. The lowest BCUT2D eigenvalue weighted by Crippen LogP contribution is -2.40. The number of nitrogens with two attached hydrogens (primary N) is 1. The second kappa shape index (κ2) is 5.35. The molecule has 2 rings (SSSR count). The van der Waals surface area contributed by atoms with Crippen molar-refractivity contribution in [3.8, 4) is 0 Å². The van der Waals surface area contributed by atoms with Gasteiger partial charge in [-0.3, -0.25) is 0 Å². The number of aliphatic hydroxyl groups excluding tert-OH is 1. The molecule has 0 spiro atoms. The second-order valence-electron chi connectivity index (χ2n) is 5.61. The average molecular weight is 298 g/mol. The van der Waals surface area contributed by atoms with Crippen LogP contribution in [0.5, 0.6) is 0 Å². The van der Waals surface area contributed by atoms with Gasteiger partial charge in [0.2, 0.25) is 10.0 Å². The van der Waals surface area contributed by atoms with Crippen molar-refractivity contribution in [3.05, 3.63) is 23.3 Å². The van der Waals surface area contributed by atoms with Crippen molar-refractivity contribution in [2.45, 2.75) is 38.1 Å². The van der Waals surface area contributed by atoms with Crippen LogP contribution in [0.25, 0.3) is 0 Å². The van der Waals surface area contributed by atoms with Crippen molar-refractivity contribution < 1.29 is 13.5 Å². The molecule has 0 aromatic heterocycles. The quantitative estimate of drug-likeness (QED) is 0.823. The Morgan fingerprint density at radius 1 is 1.40 bits per heavy atom. The van der Waals surface area contributed by atoms with E-state index in [4.69, 9.17) is 5.73 Å². The summed E-state index contributed by atoms with van der Waals surface area (Å²) in [6.45, 7) is 5.80. The molecule has 1 saturated heterocycles. The first kappa shape index (κ1) is 15.3. The van der Waals surface area contributed by atoms with E-state index >= 15 is 0 Å². The molecular formula is C14H22N2O3S. The van der Waals surface area contributed by atoms with E-state index in [0.29, 0.717) is 17.8 Å². The van der Waals surface area contributed by atoms with Gasteiger partial charge in [0.25, 0.3) is 0 Å². The summed E-state index contributed by atoms with van der Waals surface area (Å²) in [4.78, 5) is 0.252. The predicted octanol–water partition coefficient (Wildman–Crippen LogP) is 1.28. The van der Waals surface area contributed by atoms with Crippen LogP contribution >= 0.6 is 0 Å². The third kappa shape index (κ3) is 2.43. The molecule has 0 radical (unpaired) electrons. The lowest BCUT2D eigenvalue weighted by Gasteiger charge is -2.25. The number of aliphatic hydroxyl groups is 1. The van der Waals surface area contributed by atoms with Crippen molar-refractivity contribution in [2.75, 3.05) is 18.9 Å². The van der Waals surface area contributed by atoms with E-state index in [0.717, 1.165) is 12.0 Å². The van der Waals surface area contributed by atoms with Gasteiger partial charge in [-0.2, -0.15) is 4.31 Å². The summed E-state index contributed by atoms with van der Waals surface area (Å²) in [7, 11) is -3.62. The normalized spacial score (nSPS) is 24.2. The summed E-state index contributed by atoms with van der Waals surface area (Å²) in [6.07, 6.45) is 0.769. The Labute approximate surface area is 120 Å². The van der Waals surface area contributed by atoms with Crippen molar-refractivity contribution in [2.24, 2.45) is 5.92 Å². The molecule has 1 heterocycles. The fourth-order valence-corrected chi connectivity index (χ4v) is 4.86. The molecule has 0 aliphatic carbocycles. The van der Waals surface area contributed by atoms with Crippen molar-refractivity contribution in [3.63, 3.8) is 0 Å². The Bertz CT molecular complexity index is 613. The van der Waals surface area contributed by atoms with Crippen LogP contribution in [0.15, 0.2) is 17.0 Å². The van der Waals surface area contributed by atoms with Gasteiger partial charge in [0.15, 0.2) is 0 Å². The van der Waals surface area contributed by atoms with Gasteiger partial charge in [-0.25, -0.2) is 8.42 Å². The molecule has 1 aliphatic heterocycles. The molecule has 2 atom stereocenters. The highest BCUT2D eigenvalue weighted by Crippen LogP contribution is 2.32. The number of nitrogen functional groups attached to an aromatic ring is 1. The van der Waals surface area contributed by atoms with Gasteiger partial charge in [0.1, 0.15) is 0 Å². The summed E-state index contributed by atoms with van der Waals surface area (Å²) in [5, 5.41) is 9.46. The fraction of sp³-hybridized carbons (Fsp3) is 0.571. The third-order valence-electron chi connectivity index (χ3n) is 4.15. The first-order chi connectivity index (χ1) is 9.28. The van der Waals surface area contributed by atoms with Crippen LogP contribution in [0.4, 0.5) is 5.69 Å². The van der Waals surface area contributed by atoms with Gasteiger partial charge >= 0.3 is 0 Å². The number of hydrogen-bond acceptors (Lipinski definition) is 4. The van der Waals surface area contributed by atoms with Gasteiger partial charge in [-0.1, -0.05) is 6.92 Å². The lowest BCUT2D eigenvalue weighted by molar-refractivity contribution is 0.191. The van der Waals surface area contributed by atoms with Crippen LogP contribution in [-0.2, 0) is 10.0 Å². The number of hydrogen-bond donors (Lipinski definition) is 2. The smallest absolute Gasteiger partial charge is 0.243 e. The molecule has 1 aromatic rings. The van der Waals surface area contributed by atoms with Gasteiger partial charge in [0, 0.05) is 12.2 Å². The summed E-state index contributed by atoms with van der Waals surface area (Å²) >= 11 is 0. The zero-order chi connectivity index (χ0) is 15.1. The number of aryl methyl sites for hydroxylation is 1. The van der Waals surface area contributed by atoms with E-state index in [2.05, 4.69) is 0 Å². The standard InChI is InChI=1S/C14H22N2O3S/c1-9-6-12(15)11(3)14(7-9)20(18,19)16-5-4-10(2)13(16)8-17/h6-7,10,13,17H,4-5,8,15H2,1-3H3. The lowest BCUT2D eigenvalue weighted by atomic mass is 10.0. The maximum atomic E-state index is 12.8. The Hall–Kier alpha value is -1.11. The fourth-order valence-electron chi connectivity index (χ4n) is 2.79. The first-order valence-electron chi connectivity index (χ1n) is 6.78. The number of nitrogens with zero attached hydrogens (tertiary/aromatic N) is 1. The largest absolute Gasteiger partial charge is 0.398 e. The number of rotatable bonds is 3. The van der Waals surface area contributed by atoms with E-state index in [-0.39, 0.29) is 23.5 Å². The molecule has 0 bridgehead atoms. The minimum absolute atomic E-state index is 0.152. The van der Waals surface area contributed by atoms with Crippen LogP contribution in [0, 0.1) is 19.8 Å². The highest BCUT2D eigenvalue weighted by Gasteiger charge is 2.39. The molecule has 20 heavy (non-hydrogen) atoms. The molecule has 0 amide bonds. The Balaban J connectivity index is 2.51. The molecule has 0 saturated carbocycles. The zero-order valence-electron chi connectivity index (χ0n) is 12.1. The van der Waals surface area contributed by atoms with Gasteiger partial charge in [-0.15, -0.1) is 0 Å². The highest BCUT2D eigenvalue weighted by molar-refractivity contribution is 7.89. The van der Waals surface area contributed by atoms with Gasteiger partial charge < -0.3 is 10.8 Å². The van der Waals surface area contributed by atoms with Gasteiger partial charge in [-0.05, 0) is 49.4 Å². The first-order valence-corrected chi connectivity index (χ1v) is 8.22. The summed E-state index contributed by atoms with van der Waals surface area (Å²) in [6, 6.07) is 3.07. The van der Waals surface area contributed by atoms with E-state index < -0.39 is 10.0 Å².